The van der Waals surface area contributed by atoms with E-state index in [4.69, 9.17) is 0 Å². The Bertz CT molecular complexity index is 339. The van der Waals surface area contributed by atoms with Crippen molar-refractivity contribution < 1.29 is 14.3 Å². The summed E-state index contributed by atoms with van der Waals surface area (Å²) in [5, 5.41) is 12.0. The maximum absolute atomic E-state index is 12.1. The standard InChI is InChI=1S/C13H20N2O3/c1-18-11(16)6-9-15-12(17)13(10-14)7-4-2-3-5-8-13/h2-9H2,1H3,(H,15,17). The Morgan fingerprint density at radius 3 is 2.39 bits per heavy atom. The fourth-order valence-electron chi connectivity index (χ4n) is 2.27. The first-order valence-electron chi connectivity index (χ1n) is 6.41. The van der Waals surface area contributed by atoms with Gasteiger partial charge in [0.25, 0.3) is 0 Å². The van der Waals surface area contributed by atoms with E-state index in [-0.39, 0.29) is 24.8 Å². The smallest absolute Gasteiger partial charge is 0.307 e. The van der Waals surface area contributed by atoms with Gasteiger partial charge in [0.05, 0.1) is 19.6 Å². The molecule has 1 rings (SSSR count). The van der Waals surface area contributed by atoms with Gasteiger partial charge in [-0.25, -0.2) is 0 Å². The van der Waals surface area contributed by atoms with E-state index in [0.717, 1.165) is 25.7 Å². The molecular weight excluding hydrogens is 232 g/mol. The van der Waals surface area contributed by atoms with Crippen molar-refractivity contribution in [2.75, 3.05) is 13.7 Å². The molecule has 1 aliphatic carbocycles. The van der Waals surface area contributed by atoms with Gasteiger partial charge in [-0.2, -0.15) is 5.26 Å². The van der Waals surface area contributed by atoms with Crippen LogP contribution in [0.2, 0.25) is 0 Å². The molecule has 0 heterocycles. The Morgan fingerprint density at radius 1 is 1.28 bits per heavy atom. The first-order chi connectivity index (χ1) is 8.64. The van der Waals surface area contributed by atoms with E-state index in [1.807, 2.05) is 0 Å². The molecule has 18 heavy (non-hydrogen) atoms. The van der Waals surface area contributed by atoms with Crippen LogP contribution < -0.4 is 5.32 Å². The van der Waals surface area contributed by atoms with Crippen molar-refractivity contribution in [1.82, 2.24) is 5.32 Å². The van der Waals surface area contributed by atoms with Gasteiger partial charge in [-0.3, -0.25) is 9.59 Å². The lowest BCUT2D eigenvalue weighted by molar-refractivity contribution is -0.140. The second kappa shape index (κ2) is 7.00. The van der Waals surface area contributed by atoms with Gasteiger partial charge < -0.3 is 10.1 Å². The third-order valence-corrected chi connectivity index (χ3v) is 3.45. The maximum Gasteiger partial charge on any atom is 0.307 e. The molecule has 1 saturated carbocycles. The van der Waals surface area contributed by atoms with Crippen LogP contribution in [0.3, 0.4) is 0 Å². The number of nitrogens with one attached hydrogen (secondary N) is 1. The minimum Gasteiger partial charge on any atom is -0.469 e. The van der Waals surface area contributed by atoms with Gasteiger partial charge >= 0.3 is 5.97 Å². The van der Waals surface area contributed by atoms with Crippen molar-refractivity contribution in [1.29, 1.82) is 5.26 Å². The van der Waals surface area contributed by atoms with Crippen molar-refractivity contribution in [2.24, 2.45) is 5.41 Å². The van der Waals surface area contributed by atoms with Crippen LogP contribution >= 0.6 is 0 Å². The second-order valence-electron chi connectivity index (χ2n) is 4.69. The average Bonchev–Trinajstić information content (AvgIpc) is 2.64. The summed E-state index contributed by atoms with van der Waals surface area (Å²) in [6.45, 7) is 0.231. The predicted molar refractivity (Wildman–Crippen MR) is 65.4 cm³/mol. The van der Waals surface area contributed by atoms with E-state index in [2.05, 4.69) is 16.1 Å². The Labute approximate surface area is 107 Å². The molecule has 0 aromatic rings. The largest absolute Gasteiger partial charge is 0.469 e. The molecule has 5 nitrogen and oxygen atoms in total. The second-order valence-corrected chi connectivity index (χ2v) is 4.69. The van der Waals surface area contributed by atoms with Crippen LogP contribution in [0.15, 0.2) is 0 Å². The van der Waals surface area contributed by atoms with Crippen molar-refractivity contribution in [3.05, 3.63) is 0 Å². The molecule has 1 fully saturated rings. The van der Waals surface area contributed by atoms with Crippen LogP contribution in [-0.4, -0.2) is 25.5 Å². The minimum absolute atomic E-state index is 0.143. The predicted octanol–water partition coefficient (Wildman–Crippen LogP) is 1.53. The van der Waals surface area contributed by atoms with Crippen molar-refractivity contribution >= 4 is 11.9 Å². The molecule has 0 spiro atoms. The molecular formula is C13H20N2O3. The highest BCUT2D eigenvalue weighted by Crippen LogP contribution is 2.34. The molecule has 0 unspecified atom stereocenters. The Morgan fingerprint density at radius 2 is 1.89 bits per heavy atom. The number of rotatable bonds is 4. The number of nitriles is 1. The first-order valence-corrected chi connectivity index (χ1v) is 6.41. The number of amides is 1. The van der Waals surface area contributed by atoms with Crippen LogP contribution in [-0.2, 0) is 14.3 Å². The number of hydrogen-bond donors (Lipinski definition) is 1. The van der Waals surface area contributed by atoms with Crippen molar-refractivity contribution in [3.8, 4) is 6.07 Å². The zero-order valence-electron chi connectivity index (χ0n) is 10.8. The van der Waals surface area contributed by atoms with E-state index < -0.39 is 5.41 Å². The molecule has 0 radical (unpaired) electrons. The molecule has 1 N–H and O–H groups in total. The quantitative estimate of drug-likeness (QED) is 0.608. The number of nitrogens with zero attached hydrogens (tertiary/aromatic N) is 1. The van der Waals surface area contributed by atoms with Gasteiger partial charge in [0.2, 0.25) is 5.91 Å². The monoisotopic (exact) mass is 252 g/mol. The number of carbonyl (C=O) groups is 2. The number of carbonyl (C=O) groups excluding carboxylic acids is 2. The normalized spacial score (nSPS) is 18.2. The van der Waals surface area contributed by atoms with Gasteiger partial charge in [0, 0.05) is 6.54 Å². The van der Waals surface area contributed by atoms with Crippen LogP contribution in [0.1, 0.15) is 44.9 Å². The third-order valence-electron chi connectivity index (χ3n) is 3.45. The lowest BCUT2D eigenvalue weighted by Crippen LogP contribution is -2.40. The van der Waals surface area contributed by atoms with Gasteiger partial charge in [0.1, 0.15) is 5.41 Å². The highest BCUT2D eigenvalue weighted by Gasteiger charge is 2.38. The van der Waals surface area contributed by atoms with Crippen LogP contribution in [0.25, 0.3) is 0 Å². The average molecular weight is 252 g/mol. The van der Waals surface area contributed by atoms with Gasteiger partial charge in [-0.05, 0) is 12.8 Å². The molecule has 0 atom stereocenters. The first kappa shape index (κ1) is 14.5. The molecule has 0 aromatic heterocycles. The molecule has 1 amide bonds. The molecule has 0 saturated heterocycles. The summed E-state index contributed by atoms with van der Waals surface area (Å²) in [7, 11) is 1.31. The van der Waals surface area contributed by atoms with Gasteiger partial charge in [-0.15, -0.1) is 0 Å². The lowest BCUT2D eigenvalue weighted by Gasteiger charge is -2.23. The van der Waals surface area contributed by atoms with Crippen LogP contribution in [0.5, 0.6) is 0 Å². The van der Waals surface area contributed by atoms with E-state index in [1.165, 1.54) is 7.11 Å². The molecule has 0 bridgehead atoms. The zero-order valence-corrected chi connectivity index (χ0v) is 10.8. The Balaban J connectivity index is 2.51. The van der Waals surface area contributed by atoms with Crippen molar-refractivity contribution in [3.63, 3.8) is 0 Å². The van der Waals surface area contributed by atoms with Gasteiger partial charge in [-0.1, -0.05) is 25.7 Å². The van der Waals surface area contributed by atoms with Crippen LogP contribution in [0, 0.1) is 16.7 Å². The minimum atomic E-state index is -0.896. The summed E-state index contributed by atoms with van der Waals surface area (Å²) >= 11 is 0. The van der Waals surface area contributed by atoms with E-state index >= 15 is 0 Å². The van der Waals surface area contributed by atoms with Crippen molar-refractivity contribution in [2.45, 2.75) is 44.9 Å². The topological polar surface area (TPSA) is 79.2 Å². The molecule has 0 aliphatic heterocycles. The van der Waals surface area contributed by atoms with Gasteiger partial charge in [0.15, 0.2) is 0 Å². The highest BCUT2D eigenvalue weighted by atomic mass is 16.5. The molecule has 100 valence electrons. The maximum atomic E-state index is 12.1. The number of esters is 1. The Kier molecular flexibility index (Phi) is 5.63. The third kappa shape index (κ3) is 3.73. The van der Waals surface area contributed by atoms with E-state index in [0.29, 0.717) is 12.8 Å². The number of ether oxygens (including phenoxy) is 1. The SMILES string of the molecule is COC(=O)CCNC(=O)C1(C#N)CCCCCC1. The summed E-state index contributed by atoms with van der Waals surface area (Å²) < 4.78 is 4.49. The summed E-state index contributed by atoms with van der Waals surface area (Å²) in [5.74, 6) is -0.599. The zero-order chi connectivity index (χ0) is 13.4. The number of hydrogen-bond acceptors (Lipinski definition) is 4. The summed E-state index contributed by atoms with van der Waals surface area (Å²) in [6.07, 6.45) is 5.37. The molecule has 1 aliphatic rings. The Hall–Kier alpha value is -1.57. The number of methoxy groups -OCH3 is 1. The van der Waals surface area contributed by atoms with E-state index in [9.17, 15) is 14.9 Å². The molecule has 0 aromatic carbocycles. The summed E-state index contributed by atoms with van der Waals surface area (Å²) in [5.41, 5.74) is -0.896. The fourth-order valence-corrected chi connectivity index (χ4v) is 2.27. The summed E-state index contributed by atoms with van der Waals surface area (Å²) in [6, 6.07) is 2.18. The molecule has 5 heteroatoms. The lowest BCUT2D eigenvalue weighted by atomic mass is 9.81. The highest BCUT2D eigenvalue weighted by molar-refractivity contribution is 5.85. The van der Waals surface area contributed by atoms with Crippen LogP contribution in [0.4, 0.5) is 0 Å². The summed E-state index contributed by atoms with van der Waals surface area (Å²) in [4.78, 5) is 23.0. The van der Waals surface area contributed by atoms with E-state index in [1.54, 1.807) is 0 Å². The fraction of sp³-hybridized carbons (Fsp3) is 0.769.